The van der Waals surface area contributed by atoms with Gasteiger partial charge in [-0.25, -0.2) is 0 Å². The van der Waals surface area contributed by atoms with E-state index in [1.807, 2.05) is 6.92 Å². The minimum Gasteiger partial charge on any atom is -0.481 e. The van der Waals surface area contributed by atoms with Gasteiger partial charge in [0.25, 0.3) is 5.91 Å². The van der Waals surface area contributed by atoms with Gasteiger partial charge in [-0.1, -0.05) is 13.3 Å². The van der Waals surface area contributed by atoms with Crippen molar-refractivity contribution in [3.8, 4) is 0 Å². The van der Waals surface area contributed by atoms with Gasteiger partial charge < -0.3 is 16.2 Å². The first kappa shape index (κ1) is 15.5. The Hall–Kier alpha value is -1.56. The van der Waals surface area contributed by atoms with E-state index in [1.165, 1.54) is 0 Å². The smallest absolute Gasteiger partial charge is 0.303 e. The highest BCUT2D eigenvalue weighted by Gasteiger charge is 2.13. The molecule has 0 aliphatic carbocycles. The molecule has 0 spiro atoms. The quantitative estimate of drug-likeness (QED) is 0.698. The average molecular weight is 329 g/mol. The third-order valence-electron chi connectivity index (χ3n) is 2.85. The molecule has 19 heavy (non-hydrogen) atoms. The van der Waals surface area contributed by atoms with Crippen LogP contribution in [-0.2, 0) is 4.79 Å². The number of nitrogens with one attached hydrogen (secondary N) is 1. The molecule has 1 amide bonds. The van der Waals surface area contributed by atoms with Crippen LogP contribution in [-0.4, -0.2) is 23.5 Å². The largest absolute Gasteiger partial charge is 0.481 e. The Bertz CT molecular complexity index is 477. The van der Waals surface area contributed by atoms with Crippen LogP contribution < -0.4 is 11.1 Å². The van der Waals surface area contributed by atoms with Crippen molar-refractivity contribution in [1.29, 1.82) is 0 Å². The second-order valence-electron chi connectivity index (χ2n) is 4.32. The first-order chi connectivity index (χ1) is 8.93. The Morgan fingerprint density at radius 1 is 1.47 bits per heavy atom. The zero-order valence-electron chi connectivity index (χ0n) is 10.6. The molecule has 104 valence electrons. The second-order valence-corrected chi connectivity index (χ2v) is 5.17. The third kappa shape index (κ3) is 4.90. The van der Waals surface area contributed by atoms with Crippen LogP contribution in [0, 0.1) is 5.92 Å². The molecule has 1 atom stereocenters. The van der Waals surface area contributed by atoms with Crippen LogP contribution >= 0.6 is 15.9 Å². The van der Waals surface area contributed by atoms with Gasteiger partial charge in [-0.05, 0) is 40.0 Å². The fourth-order valence-electron chi connectivity index (χ4n) is 1.63. The number of benzene rings is 1. The normalized spacial score (nSPS) is 11.9. The second kappa shape index (κ2) is 7.13. The summed E-state index contributed by atoms with van der Waals surface area (Å²) in [6, 6.07) is 4.95. The van der Waals surface area contributed by atoms with Crippen molar-refractivity contribution in [3.63, 3.8) is 0 Å². The summed E-state index contributed by atoms with van der Waals surface area (Å²) in [5.41, 5.74) is 6.66. The maximum absolute atomic E-state index is 11.9. The Kier molecular flexibility index (Phi) is 5.82. The first-order valence-corrected chi connectivity index (χ1v) is 6.78. The topological polar surface area (TPSA) is 92.4 Å². The van der Waals surface area contributed by atoms with Crippen molar-refractivity contribution in [2.24, 2.45) is 5.92 Å². The van der Waals surface area contributed by atoms with E-state index >= 15 is 0 Å². The van der Waals surface area contributed by atoms with Crippen molar-refractivity contribution in [3.05, 3.63) is 28.2 Å². The van der Waals surface area contributed by atoms with Gasteiger partial charge in [0.2, 0.25) is 0 Å². The van der Waals surface area contributed by atoms with Crippen LogP contribution in [0.1, 0.15) is 30.1 Å². The van der Waals surface area contributed by atoms with E-state index in [0.29, 0.717) is 24.2 Å². The number of nitrogen functional groups attached to an aromatic ring is 1. The number of nitrogens with two attached hydrogens (primary N) is 1. The fraction of sp³-hybridized carbons (Fsp3) is 0.385. The maximum Gasteiger partial charge on any atom is 0.303 e. The van der Waals surface area contributed by atoms with E-state index in [2.05, 4.69) is 21.2 Å². The van der Waals surface area contributed by atoms with Gasteiger partial charge in [-0.2, -0.15) is 0 Å². The van der Waals surface area contributed by atoms with Crippen LogP contribution in [0.15, 0.2) is 22.7 Å². The minimum atomic E-state index is -0.853. The van der Waals surface area contributed by atoms with Crippen molar-refractivity contribution >= 4 is 33.5 Å². The number of anilines is 1. The molecule has 0 saturated carbocycles. The molecule has 0 aliphatic rings. The lowest BCUT2D eigenvalue weighted by atomic mass is 10.0. The van der Waals surface area contributed by atoms with Crippen molar-refractivity contribution < 1.29 is 14.7 Å². The average Bonchev–Trinajstić information content (AvgIpc) is 2.36. The fourth-order valence-corrected chi connectivity index (χ4v) is 1.88. The van der Waals surface area contributed by atoms with Crippen LogP contribution in [0.2, 0.25) is 0 Å². The molecule has 4 N–H and O–H groups in total. The molecule has 5 nitrogen and oxygen atoms in total. The molecule has 1 rings (SSSR count). The Balaban J connectivity index is 2.59. The van der Waals surface area contributed by atoms with E-state index in [4.69, 9.17) is 10.8 Å². The van der Waals surface area contributed by atoms with Crippen LogP contribution in [0.5, 0.6) is 0 Å². The van der Waals surface area contributed by atoms with Gasteiger partial charge in [-0.15, -0.1) is 0 Å². The molecule has 0 heterocycles. The summed E-state index contributed by atoms with van der Waals surface area (Å²) in [5, 5.41) is 11.5. The summed E-state index contributed by atoms with van der Waals surface area (Å²) in [5.74, 6) is -1.16. The van der Waals surface area contributed by atoms with E-state index in [0.717, 1.165) is 4.47 Å². The summed E-state index contributed by atoms with van der Waals surface area (Å²) in [4.78, 5) is 22.5. The summed E-state index contributed by atoms with van der Waals surface area (Å²) in [6.07, 6.45) is 0.758. The molecule has 0 bridgehead atoms. The zero-order valence-corrected chi connectivity index (χ0v) is 12.2. The SMILES string of the molecule is CCC(CNC(=O)c1ccc(Br)c(N)c1)CC(=O)O. The van der Waals surface area contributed by atoms with Crippen LogP contribution in [0.4, 0.5) is 5.69 Å². The molecule has 0 saturated heterocycles. The van der Waals surface area contributed by atoms with Gasteiger partial charge in [0, 0.05) is 28.7 Å². The Labute approximate surface area is 120 Å². The Morgan fingerprint density at radius 2 is 2.16 bits per heavy atom. The number of carboxylic acid groups (broad SMARTS) is 1. The molecular weight excluding hydrogens is 312 g/mol. The standard InChI is InChI=1S/C13H17BrN2O3/c1-2-8(5-12(17)18)7-16-13(19)9-3-4-10(14)11(15)6-9/h3-4,6,8H,2,5,7,15H2,1H3,(H,16,19)(H,17,18). The van der Waals surface area contributed by atoms with E-state index < -0.39 is 5.97 Å². The number of carbonyl (C=O) groups is 2. The summed E-state index contributed by atoms with van der Waals surface area (Å²) in [6.45, 7) is 2.25. The van der Waals surface area contributed by atoms with Crippen molar-refractivity contribution in [2.45, 2.75) is 19.8 Å². The van der Waals surface area contributed by atoms with E-state index in [9.17, 15) is 9.59 Å². The molecule has 6 heteroatoms. The highest BCUT2D eigenvalue weighted by molar-refractivity contribution is 9.10. The van der Waals surface area contributed by atoms with Gasteiger partial charge in [0.1, 0.15) is 0 Å². The zero-order chi connectivity index (χ0) is 14.4. The summed E-state index contributed by atoms with van der Waals surface area (Å²) in [7, 11) is 0. The molecular formula is C13H17BrN2O3. The number of carboxylic acids is 1. The number of carbonyl (C=O) groups excluding carboxylic acids is 1. The van der Waals surface area contributed by atoms with Crippen molar-refractivity contribution in [1.82, 2.24) is 5.32 Å². The number of hydrogen-bond donors (Lipinski definition) is 3. The number of amides is 1. The van der Waals surface area contributed by atoms with E-state index in [-0.39, 0.29) is 18.2 Å². The highest BCUT2D eigenvalue weighted by Crippen LogP contribution is 2.20. The van der Waals surface area contributed by atoms with Gasteiger partial charge in [0.15, 0.2) is 0 Å². The van der Waals surface area contributed by atoms with Crippen molar-refractivity contribution in [2.75, 3.05) is 12.3 Å². The predicted molar refractivity (Wildman–Crippen MR) is 76.9 cm³/mol. The minimum absolute atomic E-state index is 0.0548. The summed E-state index contributed by atoms with van der Waals surface area (Å²) >= 11 is 3.26. The van der Waals surface area contributed by atoms with Gasteiger partial charge in [0.05, 0.1) is 0 Å². The molecule has 0 radical (unpaired) electrons. The molecule has 1 aromatic rings. The third-order valence-corrected chi connectivity index (χ3v) is 3.57. The number of aliphatic carboxylic acids is 1. The predicted octanol–water partition coefficient (Wildman–Crippen LogP) is 2.26. The summed E-state index contributed by atoms with van der Waals surface area (Å²) < 4.78 is 0.737. The monoisotopic (exact) mass is 328 g/mol. The Morgan fingerprint density at radius 3 is 2.68 bits per heavy atom. The lowest BCUT2D eigenvalue weighted by Crippen LogP contribution is -2.30. The molecule has 0 fully saturated rings. The van der Waals surface area contributed by atoms with Crippen LogP contribution in [0.3, 0.4) is 0 Å². The lowest BCUT2D eigenvalue weighted by molar-refractivity contribution is -0.138. The first-order valence-electron chi connectivity index (χ1n) is 5.99. The highest BCUT2D eigenvalue weighted by atomic mass is 79.9. The molecule has 1 aromatic carbocycles. The van der Waals surface area contributed by atoms with Gasteiger partial charge >= 0.3 is 5.97 Å². The number of halogens is 1. The van der Waals surface area contributed by atoms with E-state index in [1.54, 1.807) is 18.2 Å². The number of rotatable bonds is 6. The number of hydrogen-bond acceptors (Lipinski definition) is 3. The van der Waals surface area contributed by atoms with Crippen LogP contribution in [0.25, 0.3) is 0 Å². The lowest BCUT2D eigenvalue weighted by Gasteiger charge is -2.13. The molecule has 0 aliphatic heterocycles. The molecule has 0 aromatic heterocycles. The molecule has 1 unspecified atom stereocenters. The van der Waals surface area contributed by atoms with Gasteiger partial charge in [-0.3, -0.25) is 9.59 Å². The maximum atomic E-state index is 11.9.